The Bertz CT molecular complexity index is 1220. The lowest BCUT2D eigenvalue weighted by Gasteiger charge is -2.18. The number of fused-ring (bicyclic) bond motifs is 1. The van der Waals surface area contributed by atoms with Crippen LogP contribution in [0.4, 0.5) is 5.69 Å². The molecule has 0 saturated heterocycles. The van der Waals surface area contributed by atoms with Gasteiger partial charge < -0.3 is 14.8 Å². The highest BCUT2D eigenvalue weighted by Crippen LogP contribution is 2.35. The van der Waals surface area contributed by atoms with Crippen LogP contribution in [0.2, 0.25) is 0 Å². The molecule has 2 heterocycles. The minimum absolute atomic E-state index is 0.0886. The number of carbonyl (C=O) groups is 1. The van der Waals surface area contributed by atoms with E-state index >= 15 is 0 Å². The smallest absolute Gasteiger partial charge is 0.259 e. The number of hydrogen-bond acceptors (Lipinski definition) is 6. The molecule has 0 fully saturated rings. The van der Waals surface area contributed by atoms with Crippen LogP contribution in [0.1, 0.15) is 30.1 Å². The van der Waals surface area contributed by atoms with E-state index in [1.54, 1.807) is 24.3 Å². The van der Waals surface area contributed by atoms with E-state index in [0.717, 1.165) is 12.8 Å². The van der Waals surface area contributed by atoms with Crippen LogP contribution in [0.5, 0.6) is 11.5 Å². The summed E-state index contributed by atoms with van der Waals surface area (Å²) in [6, 6.07) is 11.5. The Kier molecular flexibility index (Phi) is 6.42. The van der Waals surface area contributed by atoms with Crippen LogP contribution in [0.25, 0.3) is 11.3 Å². The average molecular weight is 457 g/mol. The molecule has 1 amide bonds. The predicted octanol–water partition coefficient (Wildman–Crippen LogP) is 3.18. The van der Waals surface area contributed by atoms with Crippen molar-refractivity contribution in [3.8, 4) is 22.8 Å². The zero-order valence-electron chi connectivity index (χ0n) is 17.6. The molecule has 0 atom stereocenters. The number of amides is 1. The van der Waals surface area contributed by atoms with Crippen LogP contribution in [-0.4, -0.2) is 44.3 Å². The van der Waals surface area contributed by atoms with Crippen molar-refractivity contribution in [2.45, 2.75) is 24.7 Å². The fourth-order valence-electron chi connectivity index (χ4n) is 3.28. The van der Waals surface area contributed by atoms with E-state index in [1.165, 1.54) is 18.3 Å². The number of hydrogen-bond donors (Lipinski definition) is 3. The zero-order valence-corrected chi connectivity index (χ0v) is 18.4. The molecule has 2 aromatic carbocycles. The number of benzene rings is 2. The maximum atomic E-state index is 12.9. The predicted molar refractivity (Wildman–Crippen MR) is 120 cm³/mol. The molecule has 0 saturated carbocycles. The summed E-state index contributed by atoms with van der Waals surface area (Å²) in [4.78, 5) is 13.0. The third kappa shape index (κ3) is 4.76. The van der Waals surface area contributed by atoms with Crippen molar-refractivity contribution in [1.29, 1.82) is 0 Å². The Balaban J connectivity index is 1.53. The molecule has 1 aliphatic heterocycles. The lowest BCUT2D eigenvalue weighted by atomic mass is 10.1. The largest absolute Gasteiger partial charge is 0.486 e. The summed E-state index contributed by atoms with van der Waals surface area (Å²) < 4.78 is 38.7. The number of carbonyl (C=O) groups excluding carboxylic acids is 1. The molecule has 0 spiro atoms. The molecule has 168 valence electrons. The fourth-order valence-corrected chi connectivity index (χ4v) is 4.40. The van der Waals surface area contributed by atoms with Crippen molar-refractivity contribution in [3.63, 3.8) is 0 Å². The van der Waals surface area contributed by atoms with Crippen LogP contribution in [-0.2, 0) is 10.0 Å². The quantitative estimate of drug-likeness (QED) is 0.448. The summed E-state index contributed by atoms with van der Waals surface area (Å²) in [6.07, 6.45) is 3.06. The van der Waals surface area contributed by atoms with Crippen molar-refractivity contribution < 1.29 is 22.7 Å². The van der Waals surface area contributed by atoms with Gasteiger partial charge in [0.25, 0.3) is 5.91 Å². The van der Waals surface area contributed by atoms with Gasteiger partial charge in [0.05, 0.1) is 22.3 Å². The summed E-state index contributed by atoms with van der Waals surface area (Å²) in [5, 5.41) is 9.60. The Hall–Kier alpha value is -3.37. The SMILES string of the molecule is CCCCNS(=O)(=O)c1cccc(NC(=O)c2cn[nH]c2-c2ccc3c(c2)OCCO3)c1. The van der Waals surface area contributed by atoms with Gasteiger partial charge in [0.1, 0.15) is 13.2 Å². The average Bonchev–Trinajstić information content (AvgIpc) is 3.29. The maximum absolute atomic E-state index is 12.9. The van der Waals surface area contributed by atoms with Crippen molar-refractivity contribution in [3.05, 3.63) is 54.2 Å². The summed E-state index contributed by atoms with van der Waals surface area (Å²) in [6.45, 7) is 3.30. The van der Waals surface area contributed by atoms with E-state index < -0.39 is 15.9 Å². The van der Waals surface area contributed by atoms with Crippen molar-refractivity contribution in [2.24, 2.45) is 0 Å². The van der Waals surface area contributed by atoms with E-state index in [4.69, 9.17) is 9.47 Å². The summed E-state index contributed by atoms with van der Waals surface area (Å²) in [7, 11) is -3.65. The van der Waals surface area contributed by atoms with Gasteiger partial charge in [-0.25, -0.2) is 13.1 Å². The van der Waals surface area contributed by atoms with Crippen molar-refractivity contribution in [2.75, 3.05) is 25.1 Å². The molecule has 0 radical (unpaired) electrons. The second kappa shape index (κ2) is 9.41. The fraction of sp³-hybridized carbons (Fsp3) is 0.273. The number of aromatic amines is 1. The van der Waals surface area contributed by atoms with Crippen molar-refractivity contribution >= 4 is 21.6 Å². The third-order valence-electron chi connectivity index (χ3n) is 4.94. The van der Waals surface area contributed by atoms with E-state index in [1.807, 2.05) is 13.0 Å². The van der Waals surface area contributed by atoms with Gasteiger partial charge in [-0.2, -0.15) is 5.10 Å². The second-order valence-electron chi connectivity index (χ2n) is 7.25. The van der Waals surface area contributed by atoms with Gasteiger partial charge >= 0.3 is 0 Å². The maximum Gasteiger partial charge on any atom is 0.259 e. The third-order valence-corrected chi connectivity index (χ3v) is 6.40. The molecule has 1 aromatic heterocycles. The minimum Gasteiger partial charge on any atom is -0.486 e. The first kappa shape index (κ1) is 21.8. The standard InChI is InChI=1S/C22H24N4O5S/c1-2-3-9-24-32(28,29)17-6-4-5-16(13-17)25-22(27)18-14-23-26-21(18)15-7-8-19-20(12-15)31-11-10-30-19/h4-8,12-14,24H,2-3,9-11H2,1H3,(H,23,26)(H,25,27). The topological polar surface area (TPSA) is 122 Å². The normalized spacial score (nSPS) is 13.0. The lowest BCUT2D eigenvalue weighted by molar-refractivity contribution is 0.102. The van der Waals surface area contributed by atoms with Crippen LogP contribution in [0, 0.1) is 0 Å². The molecule has 4 rings (SSSR count). The number of sulfonamides is 1. The molecule has 0 bridgehead atoms. The molecule has 3 aromatic rings. The number of aromatic nitrogens is 2. The summed E-state index contributed by atoms with van der Waals surface area (Å²) >= 11 is 0. The van der Waals surface area contributed by atoms with Gasteiger partial charge in [-0.05, 0) is 42.8 Å². The van der Waals surface area contributed by atoms with Crippen LogP contribution in [0.15, 0.2) is 53.6 Å². The highest BCUT2D eigenvalue weighted by atomic mass is 32.2. The molecule has 0 unspecified atom stereocenters. The number of nitrogens with zero attached hydrogens (tertiary/aromatic N) is 1. The molecule has 32 heavy (non-hydrogen) atoms. The Morgan fingerprint density at radius 3 is 2.75 bits per heavy atom. The van der Waals surface area contributed by atoms with Gasteiger partial charge in [-0.1, -0.05) is 19.4 Å². The first-order chi connectivity index (χ1) is 15.5. The van der Waals surface area contributed by atoms with E-state index in [2.05, 4.69) is 20.2 Å². The first-order valence-electron chi connectivity index (χ1n) is 10.3. The van der Waals surface area contributed by atoms with E-state index in [9.17, 15) is 13.2 Å². The number of anilines is 1. The molecule has 0 aliphatic carbocycles. The van der Waals surface area contributed by atoms with E-state index in [-0.39, 0.29) is 4.90 Å². The molecular weight excluding hydrogens is 432 g/mol. The van der Waals surface area contributed by atoms with Gasteiger partial charge in [0.2, 0.25) is 10.0 Å². The van der Waals surface area contributed by atoms with Gasteiger partial charge in [0.15, 0.2) is 11.5 Å². The summed E-state index contributed by atoms with van der Waals surface area (Å²) in [5.41, 5.74) is 1.91. The number of ether oxygens (including phenoxy) is 2. The van der Waals surface area contributed by atoms with Gasteiger partial charge in [0, 0.05) is 17.8 Å². The lowest BCUT2D eigenvalue weighted by Crippen LogP contribution is -2.24. The number of H-pyrrole nitrogens is 1. The molecule has 10 heteroatoms. The number of rotatable bonds is 8. The minimum atomic E-state index is -3.65. The highest BCUT2D eigenvalue weighted by molar-refractivity contribution is 7.89. The number of nitrogens with one attached hydrogen (secondary N) is 3. The highest BCUT2D eigenvalue weighted by Gasteiger charge is 2.20. The molecule has 9 nitrogen and oxygen atoms in total. The zero-order chi connectivity index (χ0) is 22.6. The Labute approximate surface area is 186 Å². The monoisotopic (exact) mass is 456 g/mol. The molecule has 3 N–H and O–H groups in total. The number of unbranched alkanes of at least 4 members (excludes halogenated alkanes) is 1. The van der Waals surface area contributed by atoms with Gasteiger partial charge in [-0.15, -0.1) is 0 Å². The van der Waals surface area contributed by atoms with Crippen LogP contribution >= 0.6 is 0 Å². The van der Waals surface area contributed by atoms with Crippen LogP contribution in [0.3, 0.4) is 0 Å². The van der Waals surface area contributed by atoms with E-state index in [0.29, 0.717) is 53.8 Å². The second-order valence-corrected chi connectivity index (χ2v) is 9.02. The molecule has 1 aliphatic rings. The summed E-state index contributed by atoms with van der Waals surface area (Å²) in [5.74, 6) is 0.830. The van der Waals surface area contributed by atoms with Crippen molar-refractivity contribution in [1.82, 2.24) is 14.9 Å². The van der Waals surface area contributed by atoms with Crippen LogP contribution < -0.4 is 19.5 Å². The Morgan fingerprint density at radius 1 is 1.12 bits per heavy atom. The first-order valence-corrected chi connectivity index (χ1v) is 11.8. The van der Waals surface area contributed by atoms with Gasteiger partial charge in [-0.3, -0.25) is 9.89 Å². The molecular formula is C22H24N4O5S. The Morgan fingerprint density at radius 2 is 1.94 bits per heavy atom.